The van der Waals surface area contributed by atoms with E-state index in [2.05, 4.69) is 20.7 Å². The summed E-state index contributed by atoms with van der Waals surface area (Å²) in [5.74, 6) is 0. The summed E-state index contributed by atoms with van der Waals surface area (Å²) in [6.07, 6.45) is 1.50. The highest BCUT2D eigenvalue weighted by molar-refractivity contribution is 9.09. The fraction of sp³-hybridized carbons (Fsp3) is 0.647. The fourth-order valence-corrected chi connectivity index (χ4v) is 4.59. The van der Waals surface area contributed by atoms with E-state index in [1.165, 1.54) is 0 Å². The van der Waals surface area contributed by atoms with E-state index in [1.807, 2.05) is 20.8 Å². The smallest absolute Gasteiger partial charge is 0.240 e. The van der Waals surface area contributed by atoms with Crippen molar-refractivity contribution < 1.29 is 17.9 Å². The molecule has 2 rings (SSSR count). The predicted octanol–water partition coefficient (Wildman–Crippen LogP) is 3.01. The van der Waals surface area contributed by atoms with Gasteiger partial charge in [0, 0.05) is 11.4 Å². The van der Waals surface area contributed by atoms with E-state index in [-0.39, 0.29) is 17.7 Å². The monoisotopic (exact) mass is 419 g/mol. The number of benzene rings is 1. The Morgan fingerprint density at radius 2 is 1.88 bits per heavy atom. The Hall–Kier alpha value is -0.470. The molecule has 0 saturated heterocycles. The molecule has 0 heterocycles. The minimum absolute atomic E-state index is 0.0973. The molecule has 1 aliphatic carbocycles. The number of alkyl halides is 1. The average molecular weight is 420 g/mol. The molecule has 0 atom stereocenters. The summed E-state index contributed by atoms with van der Waals surface area (Å²) in [5, 5.41) is 0.685. The molecule has 1 aliphatic rings. The van der Waals surface area contributed by atoms with Crippen molar-refractivity contribution in [3.8, 4) is 0 Å². The van der Waals surface area contributed by atoms with E-state index in [0.717, 1.165) is 5.56 Å². The molecular weight excluding hydrogens is 394 g/mol. The van der Waals surface area contributed by atoms with Gasteiger partial charge in [-0.1, -0.05) is 33.6 Å². The van der Waals surface area contributed by atoms with Crippen LogP contribution in [0.2, 0.25) is 0 Å². The molecule has 7 heteroatoms. The average Bonchev–Trinajstić information content (AvgIpc) is 2.48. The number of hydrogen-bond acceptors (Lipinski definition) is 4. The number of halogens is 1. The van der Waals surface area contributed by atoms with Crippen LogP contribution >= 0.6 is 15.9 Å². The van der Waals surface area contributed by atoms with Gasteiger partial charge in [0.05, 0.1) is 29.8 Å². The van der Waals surface area contributed by atoms with Crippen LogP contribution in [0.15, 0.2) is 29.2 Å². The lowest BCUT2D eigenvalue weighted by Crippen LogP contribution is -2.57. The van der Waals surface area contributed by atoms with Crippen molar-refractivity contribution in [1.29, 1.82) is 0 Å². The first-order valence-electron chi connectivity index (χ1n) is 8.17. The number of rotatable bonds is 9. The SMILES string of the molecule is Cc1ccc(S(=O)(=O)NC2CC(CBr)(OCCOC(C)C)C2)cc1. The van der Waals surface area contributed by atoms with Crippen LogP contribution in [0.5, 0.6) is 0 Å². The summed E-state index contributed by atoms with van der Waals surface area (Å²) >= 11 is 3.48. The quantitative estimate of drug-likeness (QED) is 0.493. The van der Waals surface area contributed by atoms with Gasteiger partial charge in [0.1, 0.15) is 0 Å². The summed E-state index contributed by atoms with van der Waals surface area (Å²) in [5.41, 5.74) is 0.730. The summed E-state index contributed by atoms with van der Waals surface area (Å²) in [6.45, 7) is 6.97. The van der Waals surface area contributed by atoms with Crippen LogP contribution in [0.3, 0.4) is 0 Å². The van der Waals surface area contributed by atoms with E-state index in [4.69, 9.17) is 9.47 Å². The van der Waals surface area contributed by atoms with Crippen LogP contribution in [0.4, 0.5) is 0 Å². The van der Waals surface area contributed by atoms with Gasteiger partial charge in [0.15, 0.2) is 0 Å². The fourth-order valence-electron chi connectivity index (χ4n) is 2.73. The molecule has 0 radical (unpaired) electrons. The Morgan fingerprint density at radius 1 is 1.25 bits per heavy atom. The molecule has 1 saturated carbocycles. The zero-order valence-corrected chi connectivity index (χ0v) is 16.8. The zero-order valence-electron chi connectivity index (χ0n) is 14.4. The van der Waals surface area contributed by atoms with E-state index in [0.29, 0.717) is 36.3 Å². The molecule has 24 heavy (non-hydrogen) atoms. The third kappa shape index (κ3) is 5.26. The highest BCUT2D eigenvalue weighted by Gasteiger charge is 2.46. The van der Waals surface area contributed by atoms with Crippen LogP contribution in [0.1, 0.15) is 32.3 Å². The summed E-state index contributed by atoms with van der Waals surface area (Å²) in [4.78, 5) is 0.302. The molecule has 0 aromatic heterocycles. The van der Waals surface area contributed by atoms with Crippen LogP contribution in [-0.2, 0) is 19.5 Å². The van der Waals surface area contributed by atoms with Gasteiger partial charge in [0.25, 0.3) is 0 Å². The lowest BCUT2D eigenvalue weighted by atomic mass is 9.77. The first-order chi connectivity index (χ1) is 11.3. The number of hydrogen-bond donors (Lipinski definition) is 1. The molecule has 0 unspecified atom stereocenters. The normalized spacial score (nSPS) is 24.1. The molecular formula is C17H26BrNO4S. The number of sulfonamides is 1. The van der Waals surface area contributed by atoms with Crippen molar-refractivity contribution >= 4 is 26.0 Å². The molecule has 136 valence electrons. The molecule has 5 nitrogen and oxygen atoms in total. The van der Waals surface area contributed by atoms with Gasteiger partial charge in [-0.15, -0.1) is 0 Å². The second kappa shape index (κ2) is 8.27. The summed E-state index contributed by atoms with van der Waals surface area (Å²) in [7, 11) is -3.48. The standard InChI is InChI=1S/C17H26BrNO4S/c1-13(2)22-8-9-23-17(12-18)10-15(11-17)19-24(20,21)16-6-4-14(3)5-7-16/h4-7,13,15,19H,8-12H2,1-3H3. The molecule has 0 aliphatic heterocycles. The van der Waals surface area contributed by atoms with Gasteiger partial charge in [0.2, 0.25) is 10.0 Å². The second-order valence-electron chi connectivity index (χ2n) is 6.62. The van der Waals surface area contributed by atoms with Gasteiger partial charge in [-0.2, -0.15) is 0 Å². The Kier molecular flexibility index (Phi) is 6.84. The van der Waals surface area contributed by atoms with Gasteiger partial charge < -0.3 is 9.47 Å². The van der Waals surface area contributed by atoms with Crippen LogP contribution < -0.4 is 4.72 Å². The Morgan fingerprint density at radius 3 is 2.42 bits per heavy atom. The maximum atomic E-state index is 12.4. The third-order valence-corrected chi connectivity index (χ3v) is 6.63. The highest BCUT2D eigenvalue weighted by Crippen LogP contribution is 2.38. The Balaban J connectivity index is 1.84. The molecule has 1 aromatic rings. The van der Waals surface area contributed by atoms with Crippen molar-refractivity contribution in [1.82, 2.24) is 4.72 Å². The maximum Gasteiger partial charge on any atom is 0.240 e. The van der Waals surface area contributed by atoms with Crippen molar-refractivity contribution in [2.45, 2.75) is 56.3 Å². The van der Waals surface area contributed by atoms with E-state index >= 15 is 0 Å². The number of ether oxygens (including phenoxy) is 2. The molecule has 1 fully saturated rings. The second-order valence-corrected chi connectivity index (χ2v) is 8.90. The number of nitrogens with one attached hydrogen (secondary N) is 1. The summed E-state index contributed by atoms with van der Waals surface area (Å²) < 4.78 is 39.0. The lowest BCUT2D eigenvalue weighted by Gasteiger charge is -2.46. The highest BCUT2D eigenvalue weighted by atomic mass is 79.9. The van der Waals surface area contributed by atoms with Crippen LogP contribution in [0.25, 0.3) is 0 Å². The molecule has 1 N–H and O–H groups in total. The van der Waals surface area contributed by atoms with Crippen molar-refractivity contribution in [2.75, 3.05) is 18.5 Å². The molecule has 0 amide bonds. The minimum Gasteiger partial charge on any atom is -0.376 e. The van der Waals surface area contributed by atoms with Crippen molar-refractivity contribution in [3.05, 3.63) is 29.8 Å². The number of aryl methyl sites for hydroxylation is 1. The topological polar surface area (TPSA) is 64.6 Å². The minimum atomic E-state index is -3.48. The van der Waals surface area contributed by atoms with Gasteiger partial charge in [-0.05, 0) is 45.7 Å². The first-order valence-corrected chi connectivity index (χ1v) is 10.8. The van der Waals surface area contributed by atoms with E-state index in [9.17, 15) is 8.42 Å². The van der Waals surface area contributed by atoms with Crippen LogP contribution in [-0.4, -0.2) is 44.7 Å². The third-order valence-electron chi connectivity index (χ3n) is 4.08. The molecule has 0 spiro atoms. The van der Waals surface area contributed by atoms with E-state index in [1.54, 1.807) is 24.3 Å². The van der Waals surface area contributed by atoms with E-state index < -0.39 is 10.0 Å². The molecule has 0 bridgehead atoms. The molecule has 1 aromatic carbocycles. The Labute approximate surface area is 153 Å². The Bertz CT molecular complexity index is 624. The maximum absolute atomic E-state index is 12.4. The van der Waals surface area contributed by atoms with Crippen molar-refractivity contribution in [2.24, 2.45) is 0 Å². The van der Waals surface area contributed by atoms with Gasteiger partial charge >= 0.3 is 0 Å². The predicted molar refractivity (Wildman–Crippen MR) is 98.1 cm³/mol. The van der Waals surface area contributed by atoms with Gasteiger partial charge in [-0.3, -0.25) is 0 Å². The lowest BCUT2D eigenvalue weighted by molar-refractivity contribution is -0.111. The zero-order chi connectivity index (χ0) is 17.8. The van der Waals surface area contributed by atoms with Crippen LogP contribution in [0, 0.1) is 6.92 Å². The largest absolute Gasteiger partial charge is 0.376 e. The van der Waals surface area contributed by atoms with Crippen molar-refractivity contribution in [3.63, 3.8) is 0 Å². The summed E-state index contributed by atoms with van der Waals surface area (Å²) in [6, 6.07) is 6.77. The van der Waals surface area contributed by atoms with Gasteiger partial charge in [-0.25, -0.2) is 13.1 Å². The first kappa shape index (κ1) is 19.8.